The standard InChI is InChI=1S/C25H17Cl2NO3/c1-15-3-2-4-20-21(13-22(28-24(15)20)16-5-9-18(26)10-6-16)25(30)31-14-23(29)17-7-11-19(27)12-8-17/h2-13H,14H2,1H3. The zero-order valence-corrected chi connectivity index (χ0v) is 18.1. The molecule has 0 unspecified atom stereocenters. The van der Waals surface area contributed by atoms with Crippen LogP contribution in [0.4, 0.5) is 0 Å². The topological polar surface area (TPSA) is 56.3 Å². The van der Waals surface area contributed by atoms with Gasteiger partial charge in [0.25, 0.3) is 0 Å². The molecular weight excluding hydrogens is 433 g/mol. The highest BCUT2D eigenvalue weighted by Crippen LogP contribution is 2.28. The number of nitrogens with zero attached hydrogens (tertiary/aromatic N) is 1. The van der Waals surface area contributed by atoms with Crippen LogP contribution in [0.1, 0.15) is 26.3 Å². The fourth-order valence-corrected chi connectivity index (χ4v) is 3.51. The fourth-order valence-electron chi connectivity index (χ4n) is 3.26. The number of hydrogen-bond acceptors (Lipinski definition) is 4. The molecule has 0 radical (unpaired) electrons. The number of ether oxygens (including phenoxy) is 1. The van der Waals surface area contributed by atoms with Crippen molar-refractivity contribution < 1.29 is 14.3 Å². The number of carbonyl (C=O) groups excluding carboxylic acids is 2. The van der Waals surface area contributed by atoms with Crippen LogP contribution in [0.5, 0.6) is 0 Å². The lowest BCUT2D eigenvalue weighted by Gasteiger charge is -2.11. The molecule has 31 heavy (non-hydrogen) atoms. The summed E-state index contributed by atoms with van der Waals surface area (Å²) in [5.74, 6) is -0.895. The molecule has 0 bridgehead atoms. The van der Waals surface area contributed by atoms with Gasteiger partial charge >= 0.3 is 5.97 Å². The number of halogens is 2. The average Bonchev–Trinajstić information content (AvgIpc) is 2.78. The number of aromatic nitrogens is 1. The molecule has 4 nitrogen and oxygen atoms in total. The van der Waals surface area contributed by atoms with Gasteiger partial charge in [-0.05, 0) is 55.0 Å². The zero-order chi connectivity index (χ0) is 22.0. The Morgan fingerprint density at radius 2 is 1.55 bits per heavy atom. The molecule has 0 aliphatic heterocycles. The number of esters is 1. The van der Waals surface area contributed by atoms with Crippen molar-refractivity contribution in [3.63, 3.8) is 0 Å². The Balaban J connectivity index is 1.67. The van der Waals surface area contributed by atoms with Crippen LogP contribution in [0.3, 0.4) is 0 Å². The van der Waals surface area contributed by atoms with Crippen molar-refractivity contribution in [2.24, 2.45) is 0 Å². The van der Waals surface area contributed by atoms with E-state index >= 15 is 0 Å². The van der Waals surface area contributed by atoms with Crippen LogP contribution >= 0.6 is 23.2 Å². The fraction of sp³-hybridized carbons (Fsp3) is 0.0800. The molecule has 0 fully saturated rings. The van der Waals surface area contributed by atoms with Crippen LogP contribution in [-0.2, 0) is 4.74 Å². The maximum absolute atomic E-state index is 13.0. The summed E-state index contributed by atoms with van der Waals surface area (Å²) in [5.41, 5.74) is 3.85. The van der Waals surface area contributed by atoms with Crippen LogP contribution in [-0.4, -0.2) is 23.3 Å². The Hall–Kier alpha value is -3.21. The Bertz CT molecular complexity index is 1280. The van der Waals surface area contributed by atoms with E-state index in [0.717, 1.165) is 11.1 Å². The van der Waals surface area contributed by atoms with E-state index in [1.54, 1.807) is 42.5 Å². The molecule has 0 saturated carbocycles. The Labute approximate surface area is 189 Å². The first-order valence-electron chi connectivity index (χ1n) is 9.54. The number of fused-ring (bicyclic) bond motifs is 1. The van der Waals surface area contributed by atoms with Crippen molar-refractivity contribution in [3.8, 4) is 11.3 Å². The summed E-state index contributed by atoms with van der Waals surface area (Å²) in [6, 6.07) is 20.9. The predicted octanol–water partition coefficient (Wildman–Crippen LogP) is 6.56. The van der Waals surface area contributed by atoms with Crippen LogP contribution < -0.4 is 0 Å². The summed E-state index contributed by atoms with van der Waals surface area (Å²) in [6.07, 6.45) is 0. The SMILES string of the molecule is Cc1cccc2c(C(=O)OCC(=O)c3ccc(Cl)cc3)cc(-c3ccc(Cl)cc3)nc12. The second kappa shape index (κ2) is 8.88. The molecule has 0 saturated heterocycles. The first-order chi connectivity index (χ1) is 14.9. The molecule has 0 atom stereocenters. The third-order valence-corrected chi connectivity index (χ3v) is 5.41. The van der Waals surface area contributed by atoms with E-state index in [1.165, 1.54) is 0 Å². The lowest BCUT2D eigenvalue weighted by Crippen LogP contribution is -2.15. The smallest absolute Gasteiger partial charge is 0.339 e. The maximum atomic E-state index is 13.0. The highest BCUT2D eigenvalue weighted by Gasteiger charge is 2.18. The number of rotatable bonds is 5. The largest absolute Gasteiger partial charge is 0.454 e. The van der Waals surface area contributed by atoms with E-state index in [1.807, 2.05) is 37.3 Å². The molecule has 1 heterocycles. The molecule has 0 amide bonds. The Morgan fingerprint density at radius 3 is 2.23 bits per heavy atom. The molecule has 4 aromatic rings. The minimum Gasteiger partial charge on any atom is -0.454 e. The Kier molecular flexibility index (Phi) is 6.03. The van der Waals surface area contributed by atoms with Gasteiger partial charge in [-0.2, -0.15) is 0 Å². The predicted molar refractivity (Wildman–Crippen MR) is 123 cm³/mol. The number of aryl methyl sites for hydroxylation is 1. The number of pyridine rings is 1. The number of carbonyl (C=O) groups is 2. The molecule has 154 valence electrons. The summed E-state index contributed by atoms with van der Waals surface area (Å²) in [5, 5.41) is 1.81. The van der Waals surface area contributed by atoms with Gasteiger partial charge in [-0.25, -0.2) is 9.78 Å². The summed E-state index contributed by atoms with van der Waals surface area (Å²) < 4.78 is 5.36. The maximum Gasteiger partial charge on any atom is 0.339 e. The van der Waals surface area contributed by atoms with E-state index in [0.29, 0.717) is 37.8 Å². The Morgan fingerprint density at radius 1 is 0.903 bits per heavy atom. The number of para-hydroxylation sites is 1. The lowest BCUT2D eigenvalue weighted by molar-refractivity contribution is 0.0476. The lowest BCUT2D eigenvalue weighted by atomic mass is 10.0. The van der Waals surface area contributed by atoms with Crippen LogP contribution in [0.25, 0.3) is 22.2 Å². The second-order valence-electron chi connectivity index (χ2n) is 7.04. The first-order valence-corrected chi connectivity index (χ1v) is 10.3. The molecular formula is C25H17Cl2NO3. The first kappa shape index (κ1) is 21.0. The van der Waals surface area contributed by atoms with Crippen molar-refractivity contribution in [2.45, 2.75) is 6.92 Å². The van der Waals surface area contributed by atoms with E-state index in [2.05, 4.69) is 0 Å². The van der Waals surface area contributed by atoms with Crippen molar-refractivity contribution in [2.75, 3.05) is 6.61 Å². The normalized spacial score (nSPS) is 10.8. The van der Waals surface area contributed by atoms with Gasteiger partial charge in [0.2, 0.25) is 0 Å². The molecule has 1 aromatic heterocycles. The van der Waals surface area contributed by atoms with Gasteiger partial charge in [-0.3, -0.25) is 4.79 Å². The minimum absolute atomic E-state index is 0.308. The highest BCUT2D eigenvalue weighted by atomic mass is 35.5. The number of benzene rings is 3. The van der Waals surface area contributed by atoms with E-state index in [4.69, 9.17) is 32.9 Å². The quantitative estimate of drug-likeness (QED) is 0.255. The van der Waals surface area contributed by atoms with E-state index < -0.39 is 5.97 Å². The summed E-state index contributed by atoms with van der Waals surface area (Å²) in [7, 11) is 0. The minimum atomic E-state index is -0.587. The average molecular weight is 450 g/mol. The molecule has 4 rings (SSSR count). The van der Waals surface area contributed by atoms with Gasteiger partial charge in [-0.1, -0.05) is 53.5 Å². The highest BCUT2D eigenvalue weighted by molar-refractivity contribution is 6.31. The molecule has 0 aliphatic rings. The van der Waals surface area contributed by atoms with Crippen molar-refractivity contribution >= 4 is 45.9 Å². The van der Waals surface area contributed by atoms with Gasteiger partial charge < -0.3 is 4.74 Å². The monoisotopic (exact) mass is 449 g/mol. The number of Topliss-reactive ketones (excluding diaryl/α,β-unsaturated/α-hetero) is 1. The number of ketones is 1. The van der Waals surface area contributed by atoms with Gasteiger partial charge in [0, 0.05) is 26.6 Å². The summed E-state index contributed by atoms with van der Waals surface area (Å²) in [6.45, 7) is 1.56. The molecule has 0 N–H and O–H groups in total. The number of hydrogen-bond donors (Lipinski definition) is 0. The van der Waals surface area contributed by atoms with E-state index in [9.17, 15) is 9.59 Å². The van der Waals surface area contributed by atoms with Gasteiger partial charge in [0.05, 0.1) is 16.8 Å². The van der Waals surface area contributed by atoms with Crippen LogP contribution in [0, 0.1) is 6.92 Å². The zero-order valence-electron chi connectivity index (χ0n) is 16.6. The molecule has 0 spiro atoms. The van der Waals surface area contributed by atoms with Crippen LogP contribution in [0.2, 0.25) is 10.0 Å². The van der Waals surface area contributed by atoms with Crippen LogP contribution in [0.15, 0.2) is 72.8 Å². The summed E-state index contributed by atoms with van der Waals surface area (Å²) >= 11 is 11.9. The van der Waals surface area contributed by atoms with Crippen molar-refractivity contribution in [1.29, 1.82) is 0 Å². The van der Waals surface area contributed by atoms with Gasteiger partial charge in [0.15, 0.2) is 12.4 Å². The van der Waals surface area contributed by atoms with Gasteiger partial charge in [-0.15, -0.1) is 0 Å². The summed E-state index contributed by atoms with van der Waals surface area (Å²) in [4.78, 5) is 30.1. The van der Waals surface area contributed by atoms with E-state index in [-0.39, 0.29) is 12.4 Å². The van der Waals surface area contributed by atoms with Gasteiger partial charge in [0.1, 0.15) is 0 Å². The molecule has 0 aliphatic carbocycles. The molecule has 3 aromatic carbocycles. The second-order valence-corrected chi connectivity index (χ2v) is 7.91. The third-order valence-electron chi connectivity index (χ3n) is 4.90. The third kappa shape index (κ3) is 4.61. The van der Waals surface area contributed by atoms with Crippen molar-refractivity contribution in [3.05, 3.63) is 99.5 Å². The molecule has 6 heteroatoms. The van der Waals surface area contributed by atoms with Crippen molar-refractivity contribution in [1.82, 2.24) is 4.98 Å².